The molecule has 146 valence electrons. The number of aromatic nitrogens is 2. The van der Waals surface area contributed by atoms with Crippen molar-refractivity contribution in [3.05, 3.63) is 72.7 Å². The number of fused-ring (bicyclic) bond motifs is 1. The van der Waals surface area contributed by atoms with Gasteiger partial charge in [0.05, 0.1) is 5.52 Å². The van der Waals surface area contributed by atoms with Gasteiger partial charge in [-0.15, -0.1) is 0 Å². The average molecular weight is 377 g/mol. The van der Waals surface area contributed by atoms with Crippen molar-refractivity contribution in [1.82, 2.24) is 15.4 Å². The number of anilines is 2. The molecule has 28 heavy (non-hydrogen) atoms. The lowest BCUT2D eigenvalue weighted by Crippen LogP contribution is -2.12. The predicted molar refractivity (Wildman–Crippen MR) is 115 cm³/mol. The first-order chi connectivity index (χ1) is 13.7. The second-order valence-electron chi connectivity index (χ2n) is 7.07. The Balaban J connectivity index is 1.54. The summed E-state index contributed by atoms with van der Waals surface area (Å²) in [6, 6.07) is 16.8. The number of nitrogens with one attached hydrogen (secondary N) is 1. The molecule has 0 aliphatic rings. The molecular formula is C23H28N4O. The molecule has 0 aliphatic heterocycles. The van der Waals surface area contributed by atoms with Crippen molar-refractivity contribution in [2.24, 2.45) is 0 Å². The third-order valence-corrected chi connectivity index (χ3v) is 5.02. The van der Waals surface area contributed by atoms with Gasteiger partial charge in [-0.25, -0.2) is 9.97 Å². The summed E-state index contributed by atoms with van der Waals surface area (Å²) in [5, 5.41) is 9.76. The van der Waals surface area contributed by atoms with E-state index in [0.717, 1.165) is 48.1 Å². The van der Waals surface area contributed by atoms with Crippen LogP contribution in [-0.2, 0) is 6.42 Å². The largest absolute Gasteiger partial charge is 0.329 e. The van der Waals surface area contributed by atoms with Crippen molar-refractivity contribution in [1.29, 1.82) is 0 Å². The molecule has 0 saturated heterocycles. The fourth-order valence-corrected chi connectivity index (χ4v) is 3.34. The van der Waals surface area contributed by atoms with E-state index in [0.29, 0.717) is 5.70 Å². The van der Waals surface area contributed by atoms with E-state index in [-0.39, 0.29) is 0 Å². The summed E-state index contributed by atoms with van der Waals surface area (Å²) >= 11 is 0. The first-order valence-electron chi connectivity index (χ1n) is 9.79. The standard InChI is InChI=1S/C23H28N4O/c1-18(26-28)9-5-3-4-6-10-19-13-15-20(16-14-19)27(2)23-21-11-7-8-12-22(21)24-17-25-23/h7-8,11-17,26,28H,1,3-6,9-10H2,2H3. The minimum absolute atomic E-state index is 0.691. The molecule has 2 aromatic carbocycles. The Hall–Kier alpha value is -2.92. The molecule has 0 aliphatic carbocycles. The molecule has 0 spiro atoms. The molecule has 0 bridgehead atoms. The van der Waals surface area contributed by atoms with Gasteiger partial charge in [-0.2, -0.15) is 0 Å². The maximum absolute atomic E-state index is 8.71. The third-order valence-electron chi connectivity index (χ3n) is 5.02. The van der Waals surface area contributed by atoms with Crippen LogP contribution in [0.5, 0.6) is 0 Å². The van der Waals surface area contributed by atoms with Gasteiger partial charge in [0.2, 0.25) is 0 Å². The molecule has 5 heteroatoms. The summed E-state index contributed by atoms with van der Waals surface area (Å²) < 4.78 is 0. The predicted octanol–water partition coefficient (Wildman–Crippen LogP) is 5.38. The molecule has 0 amide bonds. The lowest BCUT2D eigenvalue weighted by molar-refractivity contribution is 0.196. The second-order valence-corrected chi connectivity index (χ2v) is 7.07. The molecule has 1 aromatic heterocycles. The number of hydrogen-bond acceptors (Lipinski definition) is 5. The highest BCUT2D eigenvalue weighted by Gasteiger charge is 2.10. The number of hydrogen-bond donors (Lipinski definition) is 2. The van der Waals surface area contributed by atoms with Gasteiger partial charge in [0.25, 0.3) is 0 Å². The van der Waals surface area contributed by atoms with E-state index in [1.165, 1.54) is 18.4 Å². The van der Waals surface area contributed by atoms with Gasteiger partial charge in [-0.1, -0.05) is 43.7 Å². The Bertz CT molecular complexity index is 903. The molecule has 3 rings (SSSR count). The third kappa shape index (κ3) is 5.08. The zero-order valence-corrected chi connectivity index (χ0v) is 16.4. The van der Waals surface area contributed by atoms with Crippen LogP contribution in [-0.4, -0.2) is 22.2 Å². The van der Waals surface area contributed by atoms with Gasteiger partial charge in [0, 0.05) is 23.8 Å². The quantitative estimate of drug-likeness (QED) is 0.367. The fraction of sp³-hybridized carbons (Fsp3) is 0.304. The maximum atomic E-state index is 8.71. The van der Waals surface area contributed by atoms with Gasteiger partial charge in [0.15, 0.2) is 0 Å². The molecule has 5 nitrogen and oxygen atoms in total. The molecule has 0 saturated carbocycles. The van der Waals surface area contributed by atoms with E-state index >= 15 is 0 Å². The smallest absolute Gasteiger partial charge is 0.144 e. The fourth-order valence-electron chi connectivity index (χ4n) is 3.34. The molecule has 0 fully saturated rings. The Labute approximate surface area is 166 Å². The van der Waals surface area contributed by atoms with Crippen molar-refractivity contribution in [3.8, 4) is 0 Å². The van der Waals surface area contributed by atoms with E-state index in [9.17, 15) is 0 Å². The minimum Gasteiger partial charge on any atom is -0.329 e. The average Bonchev–Trinajstić information content (AvgIpc) is 2.75. The van der Waals surface area contributed by atoms with Crippen LogP contribution in [0.15, 0.2) is 67.1 Å². The van der Waals surface area contributed by atoms with Crippen LogP contribution in [0, 0.1) is 0 Å². The van der Waals surface area contributed by atoms with Crippen LogP contribution in [0.4, 0.5) is 11.5 Å². The lowest BCUT2D eigenvalue weighted by atomic mass is 10.0. The number of allylic oxidation sites excluding steroid dienone is 1. The van der Waals surface area contributed by atoms with Gasteiger partial charge in [-0.05, 0) is 55.5 Å². The molecule has 3 aromatic rings. The summed E-state index contributed by atoms with van der Waals surface area (Å²) in [6.07, 6.45) is 8.10. The van der Waals surface area contributed by atoms with E-state index in [4.69, 9.17) is 5.21 Å². The topological polar surface area (TPSA) is 61.3 Å². The summed E-state index contributed by atoms with van der Waals surface area (Å²) in [5.41, 5.74) is 6.22. The number of rotatable bonds is 10. The van der Waals surface area contributed by atoms with E-state index < -0.39 is 0 Å². The van der Waals surface area contributed by atoms with Crippen LogP contribution >= 0.6 is 0 Å². The first kappa shape index (κ1) is 19.8. The van der Waals surface area contributed by atoms with Gasteiger partial charge in [0.1, 0.15) is 12.1 Å². The Morgan fingerprint density at radius 2 is 1.75 bits per heavy atom. The van der Waals surface area contributed by atoms with Gasteiger partial charge >= 0.3 is 0 Å². The van der Waals surface area contributed by atoms with Gasteiger partial charge < -0.3 is 4.90 Å². The summed E-state index contributed by atoms with van der Waals surface area (Å²) in [6.45, 7) is 3.73. The normalized spacial score (nSPS) is 10.8. The molecule has 2 N–H and O–H groups in total. The molecular weight excluding hydrogens is 348 g/mol. The van der Waals surface area contributed by atoms with Crippen molar-refractivity contribution >= 4 is 22.4 Å². The van der Waals surface area contributed by atoms with Crippen LogP contribution in [0.2, 0.25) is 0 Å². The Morgan fingerprint density at radius 1 is 1.00 bits per heavy atom. The van der Waals surface area contributed by atoms with Crippen LogP contribution in [0.1, 0.15) is 37.7 Å². The number of unbranched alkanes of at least 4 members (excludes halogenated alkanes) is 3. The maximum Gasteiger partial charge on any atom is 0.144 e. The van der Waals surface area contributed by atoms with Crippen LogP contribution < -0.4 is 10.4 Å². The zero-order chi connectivity index (χ0) is 19.8. The molecule has 0 atom stereocenters. The SMILES string of the molecule is C=C(CCCCCCc1ccc(N(C)c2ncnc3ccccc23)cc1)NO. The summed E-state index contributed by atoms with van der Waals surface area (Å²) in [4.78, 5) is 10.9. The summed E-state index contributed by atoms with van der Waals surface area (Å²) in [5.74, 6) is 0.914. The Kier molecular flexibility index (Phi) is 6.98. The highest BCUT2D eigenvalue weighted by Crippen LogP contribution is 2.28. The summed E-state index contributed by atoms with van der Waals surface area (Å²) in [7, 11) is 2.04. The van der Waals surface area contributed by atoms with Gasteiger partial charge in [-0.3, -0.25) is 10.7 Å². The number of nitrogens with zero attached hydrogens (tertiary/aromatic N) is 3. The highest BCUT2D eigenvalue weighted by molar-refractivity contribution is 5.91. The Morgan fingerprint density at radius 3 is 2.54 bits per heavy atom. The zero-order valence-electron chi connectivity index (χ0n) is 16.4. The second kappa shape index (κ2) is 9.85. The lowest BCUT2D eigenvalue weighted by Gasteiger charge is -2.20. The van der Waals surface area contributed by atoms with E-state index in [1.807, 2.05) is 25.2 Å². The van der Waals surface area contributed by atoms with Crippen molar-refractivity contribution in [2.75, 3.05) is 11.9 Å². The molecule has 0 unspecified atom stereocenters. The minimum atomic E-state index is 0.691. The van der Waals surface area contributed by atoms with Crippen molar-refractivity contribution < 1.29 is 5.21 Å². The van der Waals surface area contributed by atoms with Crippen LogP contribution in [0.3, 0.4) is 0 Å². The van der Waals surface area contributed by atoms with E-state index in [1.54, 1.807) is 6.33 Å². The van der Waals surface area contributed by atoms with E-state index in [2.05, 4.69) is 57.3 Å². The first-order valence-corrected chi connectivity index (χ1v) is 9.79. The van der Waals surface area contributed by atoms with Crippen molar-refractivity contribution in [3.63, 3.8) is 0 Å². The number of para-hydroxylation sites is 1. The molecule has 0 radical (unpaired) electrons. The monoisotopic (exact) mass is 376 g/mol. The molecule has 1 heterocycles. The number of aryl methyl sites for hydroxylation is 1. The van der Waals surface area contributed by atoms with Crippen LogP contribution in [0.25, 0.3) is 10.9 Å². The number of benzene rings is 2. The highest BCUT2D eigenvalue weighted by atomic mass is 16.5. The number of hydroxylamine groups is 1. The van der Waals surface area contributed by atoms with Crippen molar-refractivity contribution in [2.45, 2.75) is 38.5 Å².